The van der Waals surface area contributed by atoms with Crippen LogP contribution in [0.4, 0.5) is 0 Å². The Labute approximate surface area is 161 Å². The van der Waals surface area contributed by atoms with Crippen LogP contribution in [0.2, 0.25) is 0 Å². The average molecular weight is 368 g/mol. The van der Waals surface area contributed by atoms with E-state index in [1.807, 2.05) is 20.8 Å². The number of piperazine rings is 1. The number of amides is 2. The molecule has 3 rings (SSSR count). The van der Waals surface area contributed by atoms with Crippen LogP contribution >= 0.6 is 0 Å². The number of nitriles is 1. The van der Waals surface area contributed by atoms with Gasteiger partial charge in [-0.05, 0) is 24.0 Å². The van der Waals surface area contributed by atoms with Crippen molar-refractivity contribution in [2.45, 2.75) is 45.2 Å². The van der Waals surface area contributed by atoms with Crippen molar-refractivity contribution >= 4 is 11.8 Å². The minimum atomic E-state index is 0.0467. The standard InChI is InChI=1S/C21H28N4O2/c1-2-19-15-17-5-3-4-6-18(17)16-25(19)21(27)8-7-20(26)24-13-11-23(10-9-22)12-14-24/h3-6,19H,2,7-8,10-16H2,1H3/t19-/m1/s1. The van der Waals surface area contributed by atoms with Gasteiger partial charge in [0.2, 0.25) is 11.8 Å². The van der Waals surface area contributed by atoms with Gasteiger partial charge in [0.1, 0.15) is 0 Å². The number of carbonyl (C=O) groups excluding carboxylic acids is 2. The second kappa shape index (κ2) is 9.01. The van der Waals surface area contributed by atoms with Crippen LogP contribution in [0.1, 0.15) is 37.3 Å². The fourth-order valence-corrected chi connectivity index (χ4v) is 4.02. The van der Waals surface area contributed by atoms with Crippen LogP contribution in [-0.4, -0.2) is 65.3 Å². The Bertz CT molecular complexity index is 719. The van der Waals surface area contributed by atoms with Gasteiger partial charge in [-0.1, -0.05) is 31.2 Å². The zero-order valence-corrected chi connectivity index (χ0v) is 16.1. The summed E-state index contributed by atoms with van der Waals surface area (Å²) in [6.07, 6.45) is 2.36. The summed E-state index contributed by atoms with van der Waals surface area (Å²) >= 11 is 0. The molecule has 6 heteroatoms. The molecule has 1 aromatic carbocycles. The van der Waals surface area contributed by atoms with Gasteiger partial charge in [0, 0.05) is 51.6 Å². The Morgan fingerprint density at radius 2 is 1.74 bits per heavy atom. The van der Waals surface area contributed by atoms with Crippen molar-refractivity contribution in [3.63, 3.8) is 0 Å². The van der Waals surface area contributed by atoms with E-state index in [2.05, 4.69) is 31.2 Å². The fourth-order valence-electron chi connectivity index (χ4n) is 4.02. The van der Waals surface area contributed by atoms with E-state index < -0.39 is 0 Å². The molecule has 27 heavy (non-hydrogen) atoms. The first-order chi connectivity index (χ1) is 13.1. The molecule has 0 radical (unpaired) electrons. The number of hydrogen-bond acceptors (Lipinski definition) is 4. The lowest BCUT2D eigenvalue weighted by Gasteiger charge is -2.37. The normalized spacial score (nSPS) is 20.1. The molecule has 1 aromatic rings. The number of hydrogen-bond donors (Lipinski definition) is 0. The maximum absolute atomic E-state index is 12.8. The third kappa shape index (κ3) is 4.67. The lowest BCUT2D eigenvalue weighted by Crippen LogP contribution is -2.49. The van der Waals surface area contributed by atoms with Crippen molar-refractivity contribution in [2.24, 2.45) is 0 Å². The largest absolute Gasteiger partial charge is 0.340 e. The Morgan fingerprint density at radius 3 is 2.41 bits per heavy atom. The summed E-state index contributed by atoms with van der Waals surface area (Å²) in [5, 5.41) is 8.75. The number of carbonyl (C=O) groups is 2. The van der Waals surface area contributed by atoms with Crippen molar-refractivity contribution in [1.82, 2.24) is 14.7 Å². The second-order valence-corrected chi connectivity index (χ2v) is 7.37. The van der Waals surface area contributed by atoms with Crippen LogP contribution < -0.4 is 0 Å². The average Bonchev–Trinajstić information content (AvgIpc) is 2.71. The smallest absolute Gasteiger partial charge is 0.223 e. The molecule has 2 heterocycles. The van der Waals surface area contributed by atoms with Gasteiger partial charge in [0.15, 0.2) is 0 Å². The molecular formula is C21H28N4O2. The first kappa shape index (κ1) is 19.4. The quantitative estimate of drug-likeness (QED) is 0.743. The molecule has 0 aromatic heterocycles. The molecular weight excluding hydrogens is 340 g/mol. The minimum absolute atomic E-state index is 0.0467. The minimum Gasteiger partial charge on any atom is -0.340 e. The van der Waals surface area contributed by atoms with E-state index in [0.717, 1.165) is 25.9 Å². The second-order valence-electron chi connectivity index (χ2n) is 7.37. The van der Waals surface area contributed by atoms with Gasteiger partial charge in [0.25, 0.3) is 0 Å². The van der Waals surface area contributed by atoms with Gasteiger partial charge in [-0.3, -0.25) is 14.5 Å². The summed E-state index contributed by atoms with van der Waals surface area (Å²) in [6, 6.07) is 10.7. The van der Waals surface area contributed by atoms with Crippen LogP contribution in [0.25, 0.3) is 0 Å². The molecule has 0 aliphatic carbocycles. The monoisotopic (exact) mass is 368 g/mol. The molecule has 0 saturated carbocycles. The zero-order valence-electron chi connectivity index (χ0n) is 16.1. The van der Waals surface area contributed by atoms with Crippen LogP contribution in [0.5, 0.6) is 0 Å². The first-order valence-corrected chi connectivity index (χ1v) is 9.85. The Morgan fingerprint density at radius 1 is 1.07 bits per heavy atom. The van der Waals surface area contributed by atoms with E-state index >= 15 is 0 Å². The maximum atomic E-state index is 12.8. The molecule has 6 nitrogen and oxygen atoms in total. The van der Waals surface area contributed by atoms with E-state index in [1.54, 1.807) is 0 Å². The van der Waals surface area contributed by atoms with Gasteiger partial charge in [-0.15, -0.1) is 0 Å². The third-order valence-corrected chi connectivity index (χ3v) is 5.72. The molecule has 0 unspecified atom stereocenters. The predicted octanol–water partition coefficient (Wildman–Crippen LogP) is 1.80. The molecule has 144 valence electrons. The number of fused-ring (bicyclic) bond motifs is 1. The van der Waals surface area contributed by atoms with Gasteiger partial charge >= 0.3 is 0 Å². The van der Waals surface area contributed by atoms with Crippen molar-refractivity contribution < 1.29 is 9.59 Å². The topological polar surface area (TPSA) is 67.7 Å². The highest BCUT2D eigenvalue weighted by molar-refractivity contribution is 5.84. The molecule has 2 aliphatic heterocycles. The van der Waals surface area contributed by atoms with Crippen molar-refractivity contribution in [1.29, 1.82) is 5.26 Å². The molecule has 2 amide bonds. The van der Waals surface area contributed by atoms with Gasteiger partial charge < -0.3 is 9.80 Å². The SMILES string of the molecule is CC[C@@H]1Cc2ccccc2CN1C(=O)CCC(=O)N1CCN(CC#N)CC1. The van der Waals surface area contributed by atoms with Crippen LogP contribution in [0, 0.1) is 11.3 Å². The van der Waals surface area contributed by atoms with Crippen LogP contribution in [0.3, 0.4) is 0 Å². The van der Waals surface area contributed by atoms with Crippen molar-refractivity contribution in [3.05, 3.63) is 35.4 Å². The number of benzene rings is 1. The van der Waals surface area contributed by atoms with Gasteiger partial charge in [-0.2, -0.15) is 5.26 Å². The van der Waals surface area contributed by atoms with Gasteiger partial charge in [-0.25, -0.2) is 0 Å². The summed E-state index contributed by atoms with van der Waals surface area (Å²) in [5.74, 6) is 0.123. The van der Waals surface area contributed by atoms with E-state index in [4.69, 9.17) is 5.26 Å². The molecule has 0 bridgehead atoms. The highest BCUT2D eigenvalue weighted by atomic mass is 16.2. The third-order valence-electron chi connectivity index (χ3n) is 5.72. The lowest BCUT2D eigenvalue weighted by molar-refractivity contribution is -0.139. The summed E-state index contributed by atoms with van der Waals surface area (Å²) in [6.45, 7) is 5.92. The van der Waals surface area contributed by atoms with Gasteiger partial charge in [0.05, 0.1) is 12.6 Å². The summed E-state index contributed by atoms with van der Waals surface area (Å²) < 4.78 is 0. The molecule has 1 atom stereocenters. The molecule has 1 saturated heterocycles. The highest BCUT2D eigenvalue weighted by Crippen LogP contribution is 2.25. The Hall–Kier alpha value is -2.39. The number of rotatable bonds is 5. The van der Waals surface area contributed by atoms with Crippen molar-refractivity contribution in [3.8, 4) is 6.07 Å². The predicted molar refractivity (Wildman–Crippen MR) is 103 cm³/mol. The zero-order chi connectivity index (χ0) is 19.2. The van der Waals surface area contributed by atoms with E-state index in [0.29, 0.717) is 26.2 Å². The number of nitrogens with zero attached hydrogens (tertiary/aromatic N) is 4. The Balaban J connectivity index is 1.51. The van der Waals surface area contributed by atoms with Crippen LogP contribution in [-0.2, 0) is 22.6 Å². The summed E-state index contributed by atoms with van der Waals surface area (Å²) in [4.78, 5) is 31.1. The fraction of sp³-hybridized carbons (Fsp3) is 0.571. The van der Waals surface area contributed by atoms with E-state index in [9.17, 15) is 9.59 Å². The molecule has 0 N–H and O–H groups in total. The van der Waals surface area contributed by atoms with Crippen LogP contribution in [0.15, 0.2) is 24.3 Å². The Kier molecular flexibility index (Phi) is 6.46. The lowest BCUT2D eigenvalue weighted by atomic mass is 9.92. The maximum Gasteiger partial charge on any atom is 0.223 e. The molecule has 2 aliphatic rings. The van der Waals surface area contributed by atoms with Crippen molar-refractivity contribution in [2.75, 3.05) is 32.7 Å². The van der Waals surface area contributed by atoms with E-state index in [-0.39, 0.29) is 30.7 Å². The summed E-state index contributed by atoms with van der Waals surface area (Å²) in [7, 11) is 0. The van der Waals surface area contributed by atoms with E-state index in [1.165, 1.54) is 11.1 Å². The summed E-state index contributed by atoms with van der Waals surface area (Å²) in [5.41, 5.74) is 2.55. The molecule has 1 fully saturated rings. The highest BCUT2D eigenvalue weighted by Gasteiger charge is 2.29. The molecule has 0 spiro atoms. The first-order valence-electron chi connectivity index (χ1n) is 9.85.